The summed E-state index contributed by atoms with van der Waals surface area (Å²) < 4.78 is 0. The van der Waals surface area contributed by atoms with Crippen LogP contribution < -0.4 is 0 Å². The summed E-state index contributed by atoms with van der Waals surface area (Å²) in [4.78, 5) is 36.9. The Balaban J connectivity index is 3.03. The van der Waals surface area contributed by atoms with Crippen LogP contribution in [-0.2, 0) is 9.59 Å². The summed E-state index contributed by atoms with van der Waals surface area (Å²) in [6, 6.07) is -0.970. The average Bonchev–Trinajstić information content (AvgIpc) is 1.94. The van der Waals surface area contributed by atoms with Crippen molar-refractivity contribution in [1.29, 1.82) is 0 Å². The van der Waals surface area contributed by atoms with Gasteiger partial charge in [0.2, 0.25) is 11.5 Å². The highest BCUT2D eigenvalue weighted by molar-refractivity contribution is 6.77. The van der Waals surface area contributed by atoms with E-state index in [-0.39, 0.29) is 0 Å². The van der Waals surface area contributed by atoms with Crippen molar-refractivity contribution in [2.24, 2.45) is 9.98 Å². The van der Waals surface area contributed by atoms with Crippen LogP contribution in [0.2, 0.25) is 0 Å². The van der Waals surface area contributed by atoms with Gasteiger partial charge in [0.05, 0.1) is 6.21 Å². The first-order chi connectivity index (χ1) is 5.11. The first-order valence-electron chi connectivity index (χ1n) is 2.55. The molecule has 56 valence electrons. The normalized spacial score (nSPS) is 16.5. The quantitative estimate of drug-likeness (QED) is 0.539. The van der Waals surface area contributed by atoms with Crippen LogP contribution in [0.15, 0.2) is 9.98 Å². The Kier molecular flexibility index (Phi) is 1.59. The van der Waals surface area contributed by atoms with E-state index in [9.17, 15) is 14.4 Å². The topological polar surface area (TPSA) is 96.2 Å². The van der Waals surface area contributed by atoms with Gasteiger partial charge in [-0.2, -0.15) is 9.98 Å². The van der Waals surface area contributed by atoms with E-state index in [1.807, 2.05) is 0 Å². The summed E-state index contributed by atoms with van der Waals surface area (Å²) in [5, 5.41) is 8.26. The predicted molar refractivity (Wildman–Crippen MR) is 34.0 cm³/mol. The highest BCUT2D eigenvalue weighted by atomic mass is 16.4. The van der Waals surface area contributed by atoms with Gasteiger partial charge in [-0.05, 0) is 0 Å². The van der Waals surface area contributed by atoms with E-state index in [0.29, 0.717) is 6.21 Å². The van der Waals surface area contributed by atoms with Crippen LogP contribution in [-0.4, -0.2) is 34.8 Å². The minimum absolute atomic E-state index is 0.638. The van der Waals surface area contributed by atoms with Crippen molar-refractivity contribution in [3.63, 3.8) is 0 Å². The maximum Gasteiger partial charge on any atom is 0.368 e. The molecule has 0 aromatic rings. The van der Waals surface area contributed by atoms with Crippen LogP contribution in [0.1, 0.15) is 0 Å². The fourth-order valence-electron chi connectivity index (χ4n) is 0.508. The Morgan fingerprint density at radius 2 is 2.09 bits per heavy atom. The van der Waals surface area contributed by atoms with Crippen LogP contribution >= 0.6 is 0 Å². The van der Waals surface area contributed by atoms with Gasteiger partial charge < -0.3 is 5.11 Å². The van der Waals surface area contributed by atoms with Gasteiger partial charge in [0.25, 0.3) is 0 Å². The molecule has 0 spiro atoms. The number of carbonyl (C=O) groups is 3. The number of carboxylic acids is 1. The molecule has 11 heavy (non-hydrogen) atoms. The Morgan fingerprint density at radius 3 is 2.55 bits per heavy atom. The van der Waals surface area contributed by atoms with Crippen LogP contribution in [0, 0.1) is 0 Å². The number of carbonyl (C=O) groups excluding carboxylic acids is 2. The van der Waals surface area contributed by atoms with Crippen LogP contribution in [0.3, 0.4) is 0 Å². The van der Waals surface area contributed by atoms with E-state index in [2.05, 4.69) is 9.98 Å². The van der Waals surface area contributed by atoms with Crippen molar-refractivity contribution in [3.8, 4) is 0 Å². The summed E-state index contributed by atoms with van der Waals surface area (Å²) in [5.74, 6) is -2.38. The van der Waals surface area contributed by atoms with Crippen molar-refractivity contribution in [2.45, 2.75) is 0 Å². The Morgan fingerprint density at radius 1 is 1.45 bits per heavy atom. The second kappa shape index (κ2) is 2.41. The number of hydrogen-bond acceptors (Lipinski definition) is 3. The van der Waals surface area contributed by atoms with Crippen molar-refractivity contribution in [1.82, 2.24) is 0 Å². The van der Waals surface area contributed by atoms with Gasteiger partial charge in [-0.1, -0.05) is 0 Å². The molecule has 2 amide bonds. The fourth-order valence-corrected chi connectivity index (χ4v) is 0.508. The Labute approximate surface area is 60.3 Å². The molecular formula is C5H2N2O4. The number of aliphatic imine (C=N–C) groups is 2. The summed E-state index contributed by atoms with van der Waals surface area (Å²) in [7, 11) is 0. The SMILES string of the molecule is O=C1N=CC(=O)C(C(=O)O)=N1. The summed E-state index contributed by atoms with van der Waals surface area (Å²) in [6.45, 7) is 0. The second-order valence-electron chi connectivity index (χ2n) is 1.67. The van der Waals surface area contributed by atoms with Gasteiger partial charge in [-0.3, -0.25) is 4.79 Å². The third-order valence-electron chi connectivity index (χ3n) is 0.936. The molecule has 0 aromatic carbocycles. The molecule has 0 unspecified atom stereocenters. The number of rotatable bonds is 1. The van der Waals surface area contributed by atoms with E-state index in [4.69, 9.17) is 5.11 Å². The van der Waals surface area contributed by atoms with Gasteiger partial charge in [-0.25, -0.2) is 9.59 Å². The molecule has 1 heterocycles. The number of amides is 2. The lowest BCUT2D eigenvalue weighted by Crippen LogP contribution is -2.28. The number of ketones is 1. The molecule has 0 saturated carbocycles. The fraction of sp³-hybridized carbons (Fsp3) is 0. The van der Waals surface area contributed by atoms with E-state index in [0.717, 1.165) is 0 Å². The minimum Gasteiger partial charge on any atom is -0.476 e. The van der Waals surface area contributed by atoms with E-state index < -0.39 is 23.5 Å². The van der Waals surface area contributed by atoms with Crippen molar-refractivity contribution >= 4 is 29.7 Å². The zero-order chi connectivity index (χ0) is 8.43. The molecule has 1 N–H and O–H groups in total. The molecule has 1 rings (SSSR count). The molecule has 1 aliphatic heterocycles. The Bertz CT molecular complexity index is 302. The molecule has 0 fully saturated rings. The Hall–Kier alpha value is -1.85. The average molecular weight is 154 g/mol. The van der Waals surface area contributed by atoms with Gasteiger partial charge in [-0.15, -0.1) is 0 Å². The number of carboxylic acid groups (broad SMARTS) is 1. The van der Waals surface area contributed by atoms with Gasteiger partial charge in [0.1, 0.15) is 0 Å². The lowest BCUT2D eigenvalue weighted by atomic mass is 10.2. The zero-order valence-electron chi connectivity index (χ0n) is 5.14. The third-order valence-corrected chi connectivity index (χ3v) is 0.936. The molecule has 0 aliphatic carbocycles. The number of Topliss-reactive ketones (excluding diaryl/α,β-unsaturated/α-hetero) is 1. The molecule has 6 nitrogen and oxygen atoms in total. The number of hydrogen-bond donors (Lipinski definition) is 1. The van der Waals surface area contributed by atoms with Crippen LogP contribution in [0.5, 0.6) is 0 Å². The van der Waals surface area contributed by atoms with E-state index in [1.54, 1.807) is 0 Å². The highest BCUT2D eigenvalue weighted by Crippen LogP contribution is 1.92. The standard InChI is InChI=1S/C5H2N2O4/c8-2-1-6-5(11)7-3(2)4(9)10/h1H,(H,9,10). The molecule has 0 bridgehead atoms. The lowest BCUT2D eigenvalue weighted by molar-refractivity contribution is -0.130. The molecule has 1 aliphatic rings. The maximum atomic E-state index is 10.6. The van der Waals surface area contributed by atoms with Crippen molar-refractivity contribution < 1.29 is 19.5 Å². The summed E-state index contributed by atoms with van der Waals surface area (Å²) in [6.07, 6.45) is 0.638. The molecule has 0 aromatic heterocycles. The zero-order valence-corrected chi connectivity index (χ0v) is 5.14. The maximum absolute atomic E-state index is 10.6. The molecule has 0 saturated heterocycles. The molecule has 6 heteroatoms. The number of urea groups is 1. The number of aliphatic carboxylic acids is 1. The first-order valence-corrected chi connectivity index (χ1v) is 2.55. The predicted octanol–water partition coefficient (Wildman–Crippen LogP) is -0.715. The minimum atomic E-state index is -1.52. The lowest BCUT2D eigenvalue weighted by Gasteiger charge is -1.97. The molecule has 0 radical (unpaired) electrons. The first kappa shape index (κ1) is 7.26. The summed E-state index contributed by atoms with van der Waals surface area (Å²) in [5.41, 5.74) is -0.787. The van der Waals surface area contributed by atoms with Gasteiger partial charge in [0.15, 0.2) is 0 Å². The van der Waals surface area contributed by atoms with Crippen LogP contribution in [0.25, 0.3) is 0 Å². The van der Waals surface area contributed by atoms with Crippen LogP contribution in [0.4, 0.5) is 4.79 Å². The number of nitrogens with zero attached hydrogens (tertiary/aromatic N) is 2. The summed E-state index contributed by atoms with van der Waals surface area (Å²) >= 11 is 0. The third kappa shape index (κ3) is 1.34. The van der Waals surface area contributed by atoms with E-state index in [1.165, 1.54) is 0 Å². The monoisotopic (exact) mass is 154 g/mol. The van der Waals surface area contributed by atoms with Gasteiger partial charge in [0, 0.05) is 0 Å². The molecular weight excluding hydrogens is 152 g/mol. The smallest absolute Gasteiger partial charge is 0.368 e. The van der Waals surface area contributed by atoms with Crippen molar-refractivity contribution in [2.75, 3.05) is 0 Å². The highest BCUT2D eigenvalue weighted by Gasteiger charge is 2.22. The van der Waals surface area contributed by atoms with E-state index >= 15 is 0 Å². The van der Waals surface area contributed by atoms with Crippen molar-refractivity contribution in [3.05, 3.63) is 0 Å². The largest absolute Gasteiger partial charge is 0.476 e. The molecule has 0 atom stereocenters. The second-order valence-corrected chi connectivity index (χ2v) is 1.67. The van der Waals surface area contributed by atoms with Gasteiger partial charge >= 0.3 is 12.0 Å².